The molecule has 1 N–H and O–H groups in total. The zero-order chi connectivity index (χ0) is 13.8. The van der Waals surface area contributed by atoms with Gasteiger partial charge < -0.3 is 10.2 Å². The second kappa shape index (κ2) is 6.82. The van der Waals surface area contributed by atoms with Gasteiger partial charge in [0.15, 0.2) is 0 Å². The normalized spacial score (nSPS) is 22.3. The van der Waals surface area contributed by atoms with Crippen LogP contribution >= 0.6 is 11.3 Å². The summed E-state index contributed by atoms with van der Waals surface area (Å²) >= 11 is 1.90. The maximum absolute atomic E-state index is 4.61. The summed E-state index contributed by atoms with van der Waals surface area (Å²) in [5.74, 6) is 0.808. The minimum absolute atomic E-state index is 0.538. The van der Waals surface area contributed by atoms with Crippen LogP contribution in [-0.2, 0) is 12.8 Å². The van der Waals surface area contributed by atoms with Gasteiger partial charge in [-0.2, -0.15) is 0 Å². The van der Waals surface area contributed by atoms with E-state index in [1.807, 2.05) is 18.4 Å². The molecule has 1 fully saturated rings. The standard InChI is InChI=1S/C15H27N3S/c1-11(2)18-6-5-13(10-18)8-15-17-9-14(19-15)7-12(3)16-4/h9,11-13,16H,5-8,10H2,1-4H3. The number of likely N-dealkylation sites (N-methyl/N-ethyl adjacent to an activating group) is 1. The first-order valence-corrected chi connectivity index (χ1v) is 8.25. The molecule has 0 spiro atoms. The fourth-order valence-electron chi connectivity index (χ4n) is 2.69. The van der Waals surface area contributed by atoms with Gasteiger partial charge in [-0.3, -0.25) is 0 Å². The van der Waals surface area contributed by atoms with E-state index in [9.17, 15) is 0 Å². The van der Waals surface area contributed by atoms with Gasteiger partial charge in [0, 0.05) is 36.1 Å². The van der Waals surface area contributed by atoms with Gasteiger partial charge in [0.05, 0.1) is 5.01 Å². The fourth-order valence-corrected chi connectivity index (χ4v) is 3.85. The van der Waals surface area contributed by atoms with Crippen molar-refractivity contribution in [3.05, 3.63) is 16.1 Å². The van der Waals surface area contributed by atoms with E-state index in [1.54, 1.807) is 0 Å². The molecule has 2 atom stereocenters. The average Bonchev–Trinajstić information content (AvgIpc) is 2.99. The molecule has 0 aromatic carbocycles. The predicted molar refractivity (Wildman–Crippen MR) is 82.9 cm³/mol. The molecule has 0 radical (unpaired) electrons. The molecule has 0 amide bonds. The molecule has 1 aliphatic heterocycles. The van der Waals surface area contributed by atoms with E-state index >= 15 is 0 Å². The van der Waals surface area contributed by atoms with Crippen molar-refractivity contribution in [1.82, 2.24) is 15.2 Å². The van der Waals surface area contributed by atoms with Gasteiger partial charge in [0.2, 0.25) is 0 Å². The molecule has 2 rings (SSSR count). The molecule has 0 aliphatic carbocycles. The lowest BCUT2D eigenvalue weighted by Crippen LogP contribution is -2.28. The van der Waals surface area contributed by atoms with Crippen molar-refractivity contribution in [2.75, 3.05) is 20.1 Å². The third-order valence-corrected chi connectivity index (χ3v) is 5.15. The third kappa shape index (κ3) is 4.26. The molecule has 2 heterocycles. The molecule has 1 aromatic rings. The molecule has 3 nitrogen and oxygen atoms in total. The highest BCUT2D eigenvalue weighted by atomic mass is 32.1. The maximum atomic E-state index is 4.61. The summed E-state index contributed by atoms with van der Waals surface area (Å²) in [6.07, 6.45) is 5.67. The smallest absolute Gasteiger partial charge is 0.0930 e. The number of nitrogens with zero attached hydrogens (tertiary/aromatic N) is 2. The van der Waals surface area contributed by atoms with Crippen LogP contribution in [0.25, 0.3) is 0 Å². The molecule has 1 saturated heterocycles. The van der Waals surface area contributed by atoms with E-state index in [1.165, 1.54) is 35.8 Å². The van der Waals surface area contributed by atoms with Gasteiger partial charge in [-0.1, -0.05) is 0 Å². The Labute approximate surface area is 121 Å². The summed E-state index contributed by atoms with van der Waals surface area (Å²) in [4.78, 5) is 8.61. The molecule has 108 valence electrons. The number of nitrogens with one attached hydrogen (secondary N) is 1. The molecule has 1 aliphatic rings. The van der Waals surface area contributed by atoms with Crippen LogP contribution in [0.4, 0.5) is 0 Å². The molecule has 0 saturated carbocycles. The largest absolute Gasteiger partial charge is 0.317 e. The van der Waals surface area contributed by atoms with E-state index in [2.05, 4.69) is 42.2 Å². The van der Waals surface area contributed by atoms with Gasteiger partial charge in [-0.25, -0.2) is 4.98 Å². The van der Waals surface area contributed by atoms with Crippen LogP contribution in [0.15, 0.2) is 6.20 Å². The van der Waals surface area contributed by atoms with Crippen molar-refractivity contribution in [2.45, 2.75) is 52.1 Å². The van der Waals surface area contributed by atoms with Crippen LogP contribution in [0.2, 0.25) is 0 Å². The van der Waals surface area contributed by atoms with E-state index in [-0.39, 0.29) is 0 Å². The van der Waals surface area contributed by atoms with E-state index in [4.69, 9.17) is 0 Å². The van der Waals surface area contributed by atoms with Crippen LogP contribution < -0.4 is 5.32 Å². The molecule has 2 unspecified atom stereocenters. The Hall–Kier alpha value is -0.450. The lowest BCUT2D eigenvalue weighted by molar-refractivity contribution is 0.265. The molecular formula is C15H27N3S. The molecule has 4 heteroatoms. The zero-order valence-corrected chi connectivity index (χ0v) is 13.5. The number of aromatic nitrogens is 1. The second-order valence-corrected chi connectivity index (χ2v) is 7.26. The number of likely N-dealkylation sites (tertiary alicyclic amines) is 1. The fraction of sp³-hybridized carbons (Fsp3) is 0.800. The van der Waals surface area contributed by atoms with Crippen LogP contribution in [0.1, 0.15) is 37.1 Å². The maximum Gasteiger partial charge on any atom is 0.0930 e. The van der Waals surface area contributed by atoms with Crippen LogP contribution in [-0.4, -0.2) is 42.1 Å². The Morgan fingerprint density at radius 1 is 1.47 bits per heavy atom. The topological polar surface area (TPSA) is 28.2 Å². The molecular weight excluding hydrogens is 254 g/mol. The summed E-state index contributed by atoms with van der Waals surface area (Å²) < 4.78 is 0. The summed E-state index contributed by atoms with van der Waals surface area (Å²) in [6.45, 7) is 9.32. The SMILES string of the molecule is CNC(C)Cc1cnc(CC2CCN(C(C)C)C2)s1. The Bertz CT molecular complexity index is 388. The predicted octanol–water partition coefficient (Wildman–Crippen LogP) is 2.57. The first kappa shape index (κ1) is 14.9. The monoisotopic (exact) mass is 281 g/mol. The van der Waals surface area contributed by atoms with Gasteiger partial charge >= 0.3 is 0 Å². The summed E-state index contributed by atoms with van der Waals surface area (Å²) in [7, 11) is 2.02. The number of hydrogen-bond acceptors (Lipinski definition) is 4. The average molecular weight is 281 g/mol. The van der Waals surface area contributed by atoms with Gasteiger partial charge in [0.1, 0.15) is 0 Å². The van der Waals surface area contributed by atoms with Crippen molar-refractivity contribution < 1.29 is 0 Å². The summed E-state index contributed by atoms with van der Waals surface area (Å²) in [6, 6.07) is 1.23. The molecule has 0 bridgehead atoms. The van der Waals surface area contributed by atoms with Gasteiger partial charge in [-0.15, -0.1) is 11.3 Å². The second-order valence-electron chi connectivity index (χ2n) is 6.06. The Kier molecular flexibility index (Phi) is 5.37. The Balaban J connectivity index is 1.84. The lowest BCUT2D eigenvalue weighted by atomic mass is 10.1. The first-order valence-electron chi connectivity index (χ1n) is 7.43. The number of hydrogen-bond donors (Lipinski definition) is 1. The zero-order valence-electron chi connectivity index (χ0n) is 12.6. The van der Waals surface area contributed by atoms with Gasteiger partial charge in [0.25, 0.3) is 0 Å². The van der Waals surface area contributed by atoms with Crippen molar-refractivity contribution in [3.63, 3.8) is 0 Å². The Morgan fingerprint density at radius 3 is 2.89 bits per heavy atom. The first-order chi connectivity index (χ1) is 9.08. The minimum atomic E-state index is 0.538. The van der Waals surface area contributed by atoms with Crippen LogP contribution in [0.5, 0.6) is 0 Å². The minimum Gasteiger partial charge on any atom is -0.317 e. The highest BCUT2D eigenvalue weighted by molar-refractivity contribution is 7.11. The van der Waals surface area contributed by atoms with Crippen molar-refractivity contribution in [2.24, 2.45) is 5.92 Å². The van der Waals surface area contributed by atoms with E-state index in [0.29, 0.717) is 12.1 Å². The van der Waals surface area contributed by atoms with E-state index in [0.717, 1.165) is 12.3 Å². The van der Waals surface area contributed by atoms with Crippen molar-refractivity contribution in [1.29, 1.82) is 0 Å². The highest BCUT2D eigenvalue weighted by Crippen LogP contribution is 2.25. The van der Waals surface area contributed by atoms with Gasteiger partial charge in [-0.05, 0) is 53.1 Å². The van der Waals surface area contributed by atoms with Crippen LogP contribution in [0, 0.1) is 5.92 Å². The molecule has 1 aromatic heterocycles. The Morgan fingerprint density at radius 2 is 2.26 bits per heavy atom. The number of rotatable bonds is 6. The highest BCUT2D eigenvalue weighted by Gasteiger charge is 2.25. The van der Waals surface area contributed by atoms with Crippen molar-refractivity contribution >= 4 is 11.3 Å². The molecule has 19 heavy (non-hydrogen) atoms. The third-order valence-electron chi connectivity index (χ3n) is 4.11. The lowest BCUT2D eigenvalue weighted by Gasteiger charge is -2.19. The number of thiazole rings is 1. The summed E-state index contributed by atoms with van der Waals surface area (Å²) in [5, 5.41) is 4.61. The van der Waals surface area contributed by atoms with Crippen LogP contribution in [0.3, 0.4) is 0 Å². The van der Waals surface area contributed by atoms with Crippen molar-refractivity contribution in [3.8, 4) is 0 Å². The summed E-state index contributed by atoms with van der Waals surface area (Å²) in [5.41, 5.74) is 0. The van der Waals surface area contributed by atoms with E-state index < -0.39 is 0 Å². The quantitative estimate of drug-likeness (QED) is 0.868.